The Morgan fingerprint density at radius 3 is 2.80 bits per heavy atom. The minimum Gasteiger partial charge on any atom is -0.293 e. The van der Waals surface area contributed by atoms with Gasteiger partial charge in [-0.25, -0.2) is 0 Å². The molecule has 0 bridgehead atoms. The predicted molar refractivity (Wildman–Crippen MR) is 63.4 cm³/mol. The van der Waals surface area contributed by atoms with Crippen molar-refractivity contribution in [1.82, 2.24) is 0 Å². The monoisotopic (exact) mass is 285 g/mol. The second-order valence-electron chi connectivity index (χ2n) is 3.07. The summed E-state index contributed by atoms with van der Waals surface area (Å²) >= 11 is 8.89. The smallest absolute Gasteiger partial charge is 0.177 e. The molecule has 1 aromatic rings. The maximum absolute atomic E-state index is 11.8. The van der Waals surface area contributed by atoms with Crippen LogP contribution in [0.2, 0.25) is 0 Å². The number of rotatable bonds is 3. The van der Waals surface area contributed by atoms with Crippen molar-refractivity contribution in [1.29, 1.82) is 5.26 Å². The highest BCUT2D eigenvalue weighted by atomic mass is 79.9. The highest BCUT2D eigenvalue weighted by Gasteiger charge is 2.17. The Labute approximate surface area is 102 Å². The molecule has 0 fully saturated rings. The standard InChI is InChI=1S/C11H9BrClNO/c1-7(12)11(15)9-4-2-3-8(5-13)10(9)6-14/h2-4,7H,5H2,1H3. The van der Waals surface area contributed by atoms with Gasteiger partial charge in [-0.1, -0.05) is 34.1 Å². The summed E-state index contributed by atoms with van der Waals surface area (Å²) in [5.41, 5.74) is 1.50. The molecule has 1 unspecified atom stereocenters. The van der Waals surface area contributed by atoms with Gasteiger partial charge in [0.25, 0.3) is 0 Å². The number of halogens is 2. The molecule has 2 nitrogen and oxygen atoms in total. The molecule has 0 N–H and O–H groups in total. The van der Waals surface area contributed by atoms with E-state index >= 15 is 0 Å². The molecule has 0 aliphatic heterocycles. The molecule has 0 heterocycles. The Hall–Kier alpha value is -0.850. The molecule has 0 aliphatic rings. The fourth-order valence-electron chi connectivity index (χ4n) is 1.26. The Bertz CT molecular complexity index is 423. The highest BCUT2D eigenvalue weighted by Crippen LogP contribution is 2.19. The molecular weight excluding hydrogens is 277 g/mol. The van der Waals surface area contributed by atoms with E-state index in [-0.39, 0.29) is 16.5 Å². The van der Waals surface area contributed by atoms with Gasteiger partial charge in [0.05, 0.1) is 10.4 Å². The van der Waals surface area contributed by atoms with Gasteiger partial charge in [0.15, 0.2) is 5.78 Å². The number of ketones is 1. The summed E-state index contributed by atoms with van der Waals surface area (Å²) in [7, 11) is 0. The van der Waals surface area contributed by atoms with Crippen LogP contribution in [-0.4, -0.2) is 10.6 Å². The Balaban J connectivity index is 3.31. The van der Waals surface area contributed by atoms with E-state index in [4.69, 9.17) is 16.9 Å². The fourth-order valence-corrected chi connectivity index (χ4v) is 1.73. The van der Waals surface area contributed by atoms with Crippen LogP contribution in [0, 0.1) is 11.3 Å². The molecule has 0 saturated carbocycles. The predicted octanol–water partition coefficient (Wildman–Crippen LogP) is 3.26. The number of carbonyl (C=O) groups is 1. The average Bonchev–Trinajstić information content (AvgIpc) is 2.26. The summed E-state index contributed by atoms with van der Waals surface area (Å²) in [4.78, 5) is 11.5. The van der Waals surface area contributed by atoms with E-state index in [1.807, 2.05) is 6.07 Å². The summed E-state index contributed by atoms with van der Waals surface area (Å²) < 4.78 is 0. The lowest BCUT2D eigenvalue weighted by atomic mass is 9.99. The highest BCUT2D eigenvalue weighted by molar-refractivity contribution is 9.10. The van der Waals surface area contributed by atoms with Gasteiger partial charge >= 0.3 is 0 Å². The molecule has 0 saturated heterocycles. The Kier molecular flexibility index (Phi) is 4.31. The van der Waals surface area contributed by atoms with Crippen molar-refractivity contribution in [2.75, 3.05) is 0 Å². The third-order valence-electron chi connectivity index (χ3n) is 2.03. The molecule has 0 aliphatic carbocycles. The number of benzene rings is 1. The summed E-state index contributed by atoms with van der Waals surface area (Å²) in [5, 5.41) is 8.98. The third kappa shape index (κ3) is 2.58. The van der Waals surface area contributed by atoms with E-state index in [9.17, 15) is 4.79 Å². The molecular formula is C11H9BrClNO. The molecule has 0 spiro atoms. The SMILES string of the molecule is CC(Br)C(=O)c1cccc(CCl)c1C#N. The first-order valence-electron chi connectivity index (χ1n) is 4.38. The van der Waals surface area contributed by atoms with Crippen molar-refractivity contribution in [3.63, 3.8) is 0 Å². The first-order chi connectivity index (χ1) is 7.11. The van der Waals surface area contributed by atoms with E-state index in [2.05, 4.69) is 15.9 Å². The van der Waals surface area contributed by atoms with Crippen LogP contribution in [0.15, 0.2) is 18.2 Å². The van der Waals surface area contributed by atoms with Crippen LogP contribution in [0.5, 0.6) is 0 Å². The van der Waals surface area contributed by atoms with Gasteiger partial charge in [0.2, 0.25) is 0 Å². The first kappa shape index (κ1) is 12.2. The van der Waals surface area contributed by atoms with Gasteiger partial charge in [0.1, 0.15) is 6.07 Å². The molecule has 0 aromatic heterocycles. The quantitative estimate of drug-likeness (QED) is 0.632. The molecule has 1 rings (SSSR count). The van der Waals surface area contributed by atoms with E-state index in [1.54, 1.807) is 25.1 Å². The molecule has 15 heavy (non-hydrogen) atoms. The largest absolute Gasteiger partial charge is 0.293 e. The van der Waals surface area contributed by atoms with Gasteiger partial charge in [-0.3, -0.25) is 4.79 Å². The maximum atomic E-state index is 11.8. The van der Waals surface area contributed by atoms with Crippen molar-refractivity contribution >= 4 is 33.3 Å². The molecule has 4 heteroatoms. The Morgan fingerprint density at radius 2 is 2.33 bits per heavy atom. The summed E-state index contributed by atoms with van der Waals surface area (Å²) in [5.74, 6) is 0.138. The molecule has 1 aromatic carbocycles. The fraction of sp³-hybridized carbons (Fsp3) is 0.273. The zero-order chi connectivity index (χ0) is 11.4. The van der Waals surface area contributed by atoms with Crippen LogP contribution >= 0.6 is 27.5 Å². The van der Waals surface area contributed by atoms with Gasteiger partial charge < -0.3 is 0 Å². The minimum absolute atomic E-state index is 0.0986. The second kappa shape index (κ2) is 5.29. The molecule has 0 radical (unpaired) electrons. The van der Waals surface area contributed by atoms with E-state index < -0.39 is 0 Å². The van der Waals surface area contributed by atoms with Crippen LogP contribution in [0.1, 0.15) is 28.4 Å². The zero-order valence-corrected chi connectivity index (χ0v) is 10.5. The lowest BCUT2D eigenvalue weighted by Crippen LogP contribution is -2.12. The number of alkyl halides is 2. The third-order valence-corrected chi connectivity index (χ3v) is 2.74. The number of hydrogen-bond donors (Lipinski definition) is 0. The van der Waals surface area contributed by atoms with Crippen molar-refractivity contribution in [2.24, 2.45) is 0 Å². The van der Waals surface area contributed by atoms with Gasteiger partial charge in [-0.05, 0) is 12.5 Å². The summed E-state index contributed by atoms with van der Waals surface area (Å²) in [6, 6.07) is 7.16. The van der Waals surface area contributed by atoms with Crippen LogP contribution in [-0.2, 0) is 5.88 Å². The minimum atomic E-state index is -0.296. The summed E-state index contributed by atoms with van der Waals surface area (Å²) in [6.45, 7) is 1.73. The van der Waals surface area contributed by atoms with Gasteiger partial charge in [-0.2, -0.15) is 5.26 Å². The van der Waals surface area contributed by atoms with E-state index in [1.165, 1.54) is 0 Å². The van der Waals surface area contributed by atoms with Crippen LogP contribution in [0.4, 0.5) is 0 Å². The topological polar surface area (TPSA) is 40.9 Å². The van der Waals surface area contributed by atoms with Gasteiger partial charge in [0, 0.05) is 11.4 Å². The number of carbonyl (C=O) groups excluding carboxylic acids is 1. The lowest BCUT2D eigenvalue weighted by molar-refractivity contribution is 0.0995. The average molecular weight is 287 g/mol. The van der Waals surface area contributed by atoms with Crippen molar-refractivity contribution in [2.45, 2.75) is 17.6 Å². The van der Waals surface area contributed by atoms with Crippen molar-refractivity contribution in [3.8, 4) is 6.07 Å². The van der Waals surface area contributed by atoms with E-state index in [0.717, 1.165) is 0 Å². The molecule has 1 atom stereocenters. The van der Waals surface area contributed by atoms with Crippen LogP contribution in [0.3, 0.4) is 0 Å². The van der Waals surface area contributed by atoms with Gasteiger partial charge in [-0.15, -0.1) is 11.6 Å². The second-order valence-corrected chi connectivity index (χ2v) is 4.71. The summed E-state index contributed by atoms with van der Waals surface area (Å²) in [6.07, 6.45) is 0. The zero-order valence-electron chi connectivity index (χ0n) is 8.13. The van der Waals surface area contributed by atoms with Crippen LogP contribution < -0.4 is 0 Å². The van der Waals surface area contributed by atoms with Crippen molar-refractivity contribution in [3.05, 3.63) is 34.9 Å². The molecule has 78 valence electrons. The van der Waals surface area contributed by atoms with E-state index in [0.29, 0.717) is 16.7 Å². The maximum Gasteiger partial charge on any atom is 0.177 e. The number of nitriles is 1. The lowest BCUT2D eigenvalue weighted by Gasteiger charge is -2.07. The van der Waals surface area contributed by atoms with Crippen molar-refractivity contribution < 1.29 is 4.79 Å². The Morgan fingerprint density at radius 1 is 1.67 bits per heavy atom. The number of Topliss-reactive ketones (excluding diaryl/α,β-unsaturated/α-hetero) is 1. The normalized spacial score (nSPS) is 11.9. The first-order valence-corrected chi connectivity index (χ1v) is 5.83. The van der Waals surface area contributed by atoms with Crippen LogP contribution in [0.25, 0.3) is 0 Å². The number of hydrogen-bond acceptors (Lipinski definition) is 2. The number of nitrogens with zero attached hydrogens (tertiary/aromatic N) is 1. The molecule has 0 amide bonds.